The first kappa shape index (κ1) is 13.9. The molecule has 1 fully saturated rings. The molecule has 0 amide bonds. The van der Waals surface area contributed by atoms with E-state index in [1.54, 1.807) is 0 Å². The molecule has 3 rings (SSSR count). The monoisotopic (exact) mass is 273 g/mol. The van der Waals surface area contributed by atoms with Gasteiger partial charge in [-0.05, 0) is 36.6 Å². The van der Waals surface area contributed by atoms with E-state index >= 15 is 0 Å². The van der Waals surface area contributed by atoms with E-state index in [0.717, 1.165) is 24.8 Å². The van der Waals surface area contributed by atoms with Crippen molar-refractivity contribution in [1.29, 1.82) is 0 Å². The number of hydrogen-bond donors (Lipinski definition) is 1. The van der Waals surface area contributed by atoms with E-state index in [1.165, 1.54) is 36.8 Å². The highest BCUT2D eigenvalue weighted by Crippen LogP contribution is 2.41. The minimum absolute atomic E-state index is 0.151. The molecule has 1 unspecified atom stereocenters. The zero-order valence-corrected chi connectivity index (χ0v) is 13.0. The molecule has 1 N–H and O–H groups in total. The summed E-state index contributed by atoms with van der Waals surface area (Å²) in [6, 6.07) is 7.32. The largest absolute Gasteiger partial charge is 0.492 e. The third kappa shape index (κ3) is 2.58. The van der Waals surface area contributed by atoms with Gasteiger partial charge >= 0.3 is 0 Å². The third-order valence-electron chi connectivity index (χ3n) is 4.97. The fraction of sp³-hybridized carbons (Fsp3) is 0.667. The average molecular weight is 273 g/mol. The van der Waals surface area contributed by atoms with E-state index in [9.17, 15) is 0 Å². The first-order valence-electron chi connectivity index (χ1n) is 8.11. The Morgan fingerprint density at radius 2 is 2.15 bits per heavy atom. The fourth-order valence-electron chi connectivity index (χ4n) is 3.40. The lowest BCUT2D eigenvalue weighted by molar-refractivity contribution is 0.262. The molecule has 1 aliphatic heterocycles. The zero-order valence-electron chi connectivity index (χ0n) is 13.0. The van der Waals surface area contributed by atoms with Crippen molar-refractivity contribution in [2.24, 2.45) is 5.92 Å². The average Bonchev–Trinajstić information content (AvgIpc) is 2.68. The maximum Gasteiger partial charge on any atom is 0.123 e. The van der Waals surface area contributed by atoms with Gasteiger partial charge in [0.25, 0.3) is 0 Å². The SMILES string of the molecule is CCNC(CC1CCC1)c1ccc2c(c1)C(C)(C)CO2. The molecule has 20 heavy (non-hydrogen) atoms. The molecule has 2 aliphatic rings. The lowest BCUT2D eigenvalue weighted by Crippen LogP contribution is -2.26. The molecule has 1 aromatic carbocycles. The van der Waals surface area contributed by atoms with Crippen LogP contribution in [0.25, 0.3) is 0 Å². The molecular formula is C18H27NO. The molecule has 0 spiro atoms. The van der Waals surface area contributed by atoms with Gasteiger partial charge in [0.2, 0.25) is 0 Å². The quantitative estimate of drug-likeness (QED) is 0.868. The number of fused-ring (bicyclic) bond motifs is 1. The zero-order chi connectivity index (χ0) is 14.2. The van der Waals surface area contributed by atoms with E-state index in [-0.39, 0.29) is 5.41 Å². The topological polar surface area (TPSA) is 21.3 Å². The van der Waals surface area contributed by atoms with Gasteiger partial charge in [-0.2, -0.15) is 0 Å². The van der Waals surface area contributed by atoms with Crippen molar-refractivity contribution in [1.82, 2.24) is 5.32 Å². The number of rotatable bonds is 5. The molecule has 0 bridgehead atoms. The second-order valence-electron chi connectivity index (χ2n) is 7.07. The van der Waals surface area contributed by atoms with Crippen molar-refractivity contribution in [2.75, 3.05) is 13.2 Å². The summed E-state index contributed by atoms with van der Waals surface area (Å²) in [7, 11) is 0. The first-order valence-corrected chi connectivity index (χ1v) is 8.11. The molecule has 1 aromatic rings. The minimum Gasteiger partial charge on any atom is -0.492 e. The van der Waals surface area contributed by atoms with Gasteiger partial charge in [-0.25, -0.2) is 0 Å². The molecule has 1 heterocycles. The number of ether oxygens (including phenoxy) is 1. The second kappa shape index (κ2) is 5.40. The van der Waals surface area contributed by atoms with Gasteiger partial charge in [0.1, 0.15) is 5.75 Å². The maximum atomic E-state index is 5.80. The first-order chi connectivity index (χ1) is 9.60. The van der Waals surface area contributed by atoms with Gasteiger partial charge in [-0.1, -0.05) is 46.1 Å². The maximum absolute atomic E-state index is 5.80. The predicted octanol–water partition coefficient (Wildman–Crippen LogP) is 4.20. The van der Waals surface area contributed by atoms with Gasteiger partial charge in [-0.15, -0.1) is 0 Å². The van der Waals surface area contributed by atoms with Crippen LogP contribution >= 0.6 is 0 Å². The Hall–Kier alpha value is -1.02. The van der Waals surface area contributed by atoms with Crippen LogP contribution < -0.4 is 10.1 Å². The highest BCUT2D eigenvalue weighted by molar-refractivity contribution is 5.45. The Morgan fingerprint density at radius 3 is 2.80 bits per heavy atom. The molecule has 1 atom stereocenters. The van der Waals surface area contributed by atoms with E-state index < -0.39 is 0 Å². The summed E-state index contributed by atoms with van der Waals surface area (Å²) in [5.41, 5.74) is 2.97. The number of nitrogens with one attached hydrogen (secondary N) is 1. The fourth-order valence-corrected chi connectivity index (χ4v) is 3.40. The Bertz CT molecular complexity index is 476. The Labute approximate surface area is 122 Å². The van der Waals surface area contributed by atoms with Crippen molar-refractivity contribution >= 4 is 0 Å². The van der Waals surface area contributed by atoms with Crippen LogP contribution in [-0.4, -0.2) is 13.2 Å². The van der Waals surface area contributed by atoms with Crippen molar-refractivity contribution in [2.45, 2.75) is 57.9 Å². The normalized spacial score (nSPS) is 21.9. The van der Waals surface area contributed by atoms with Crippen molar-refractivity contribution in [3.8, 4) is 5.75 Å². The van der Waals surface area contributed by atoms with Crippen LogP contribution in [0.2, 0.25) is 0 Å². The summed E-state index contributed by atoms with van der Waals surface area (Å²) in [6.45, 7) is 8.59. The van der Waals surface area contributed by atoms with Crippen molar-refractivity contribution < 1.29 is 4.74 Å². The lowest BCUT2D eigenvalue weighted by Gasteiger charge is -2.30. The molecule has 0 saturated heterocycles. The molecular weight excluding hydrogens is 246 g/mol. The Balaban J connectivity index is 1.83. The second-order valence-corrected chi connectivity index (χ2v) is 7.07. The van der Waals surface area contributed by atoms with Crippen LogP contribution in [0.3, 0.4) is 0 Å². The molecule has 1 aliphatic carbocycles. The molecule has 2 nitrogen and oxygen atoms in total. The van der Waals surface area contributed by atoms with Gasteiger partial charge in [0.15, 0.2) is 0 Å². The van der Waals surface area contributed by atoms with E-state index in [0.29, 0.717) is 6.04 Å². The predicted molar refractivity (Wildman–Crippen MR) is 83.3 cm³/mol. The lowest BCUT2D eigenvalue weighted by atomic mass is 9.78. The van der Waals surface area contributed by atoms with Gasteiger partial charge < -0.3 is 10.1 Å². The smallest absolute Gasteiger partial charge is 0.123 e. The Morgan fingerprint density at radius 1 is 1.35 bits per heavy atom. The van der Waals surface area contributed by atoms with Gasteiger partial charge in [0.05, 0.1) is 6.61 Å². The van der Waals surface area contributed by atoms with E-state index in [4.69, 9.17) is 4.74 Å². The third-order valence-corrected chi connectivity index (χ3v) is 4.97. The molecule has 110 valence electrons. The summed E-state index contributed by atoms with van der Waals surface area (Å²) >= 11 is 0. The standard InChI is InChI=1S/C18H27NO/c1-4-19-16(10-13-6-5-7-13)14-8-9-17-15(11-14)18(2,3)12-20-17/h8-9,11,13,16,19H,4-7,10,12H2,1-3H3. The van der Waals surface area contributed by atoms with Crippen LogP contribution in [-0.2, 0) is 5.41 Å². The van der Waals surface area contributed by atoms with Crippen molar-refractivity contribution in [3.63, 3.8) is 0 Å². The van der Waals surface area contributed by atoms with Crippen LogP contribution in [0.4, 0.5) is 0 Å². The number of hydrogen-bond acceptors (Lipinski definition) is 2. The summed E-state index contributed by atoms with van der Waals surface area (Å²) in [4.78, 5) is 0. The van der Waals surface area contributed by atoms with Crippen LogP contribution in [0.1, 0.15) is 63.6 Å². The summed E-state index contributed by atoms with van der Waals surface area (Å²) in [5, 5.41) is 3.68. The van der Waals surface area contributed by atoms with Crippen LogP contribution in [0, 0.1) is 5.92 Å². The van der Waals surface area contributed by atoms with Gasteiger partial charge in [-0.3, -0.25) is 0 Å². The van der Waals surface area contributed by atoms with Gasteiger partial charge in [0, 0.05) is 17.0 Å². The molecule has 2 heteroatoms. The number of benzene rings is 1. The highest BCUT2D eigenvalue weighted by Gasteiger charge is 2.32. The highest BCUT2D eigenvalue weighted by atomic mass is 16.5. The van der Waals surface area contributed by atoms with E-state index in [1.807, 2.05) is 0 Å². The summed E-state index contributed by atoms with van der Waals surface area (Å²) in [5.74, 6) is 2.01. The van der Waals surface area contributed by atoms with Crippen LogP contribution in [0.5, 0.6) is 5.75 Å². The van der Waals surface area contributed by atoms with Crippen molar-refractivity contribution in [3.05, 3.63) is 29.3 Å². The van der Waals surface area contributed by atoms with E-state index in [2.05, 4.69) is 44.3 Å². The molecule has 1 saturated carbocycles. The Kier molecular flexibility index (Phi) is 3.76. The van der Waals surface area contributed by atoms with Crippen LogP contribution in [0.15, 0.2) is 18.2 Å². The molecule has 0 radical (unpaired) electrons. The summed E-state index contributed by atoms with van der Waals surface area (Å²) < 4.78 is 5.80. The summed E-state index contributed by atoms with van der Waals surface area (Å²) in [6.07, 6.45) is 5.55. The molecule has 0 aromatic heterocycles. The minimum atomic E-state index is 0.151.